The van der Waals surface area contributed by atoms with E-state index in [-0.39, 0.29) is 0 Å². The largest absolute Gasteiger partial charge is 0.107 e. The van der Waals surface area contributed by atoms with Crippen LogP contribution in [0.4, 0.5) is 0 Å². The van der Waals surface area contributed by atoms with Crippen LogP contribution in [0.15, 0.2) is 37.6 Å². The maximum Gasteiger partial charge on any atom is 0.0681 e. The molecule has 0 spiro atoms. The van der Waals surface area contributed by atoms with Crippen LogP contribution in [0.1, 0.15) is 0 Å². The summed E-state index contributed by atoms with van der Waals surface area (Å²) < 4.78 is 0. The molecule has 0 heterocycles. The standard InChI is InChI=1S/C8H14Si/c1-4-7-9(6-3)8-5-2/h4-6,9H,1-3,7-8H2. The molecule has 0 radical (unpaired) electrons. The minimum atomic E-state index is -0.685. The molecule has 0 nitrogen and oxygen atoms in total. The summed E-state index contributed by atoms with van der Waals surface area (Å²) in [5.41, 5.74) is 2.09. The summed E-state index contributed by atoms with van der Waals surface area (Å²) in [4.78, 5) is 0. The van der Waals surface area contributed by atoms with Crippen molar-refractivity contribution in [3.63, 3.8) is 0 Å². The van der Waals surface area contributed by atoms with Gasteiger partial charge in [0.15, 0.2) is 0 Å². The molecule has 0 fully saturated rings. The van der Waals surface area contributed by atoms with Crippen LogP contribution >= 0.6 is 0 Å². The van der Waals surface area contributed by atoms with Crippen LogP contribution in [0, 0.1) is 0 Å². The van der Waals surface area contributed by atoms with E-state index in [1.54, 1.807) is 0 Å². The summed E-state index contributed by atoms with van der Waals surface area (Å²) in [6.07, 6.45) is 3.95. The molecule has 0 aromatic carbocycles. The fraction of sp³-hybridized carbons (Fsp3) is 0.250. The van der Waals surface area contributed by atoms with Gasteiger partial charge in [0.25, 0.3) is 0 Å². The van der Waals surface area contributed by atoms with Crippen LogP contribution < -0.4 is 0 Å². The third kappa shape index (κ3) is 3.97. The van der Waals surface area contributed by atoms with Gasteiger partial charge in [0, 0.05) is 0 Å². The summed E-state index contributed by atoms with van der Waals surface area (Å²) in [7, 11) is -0.685. The van der Waals surface area contributed by atoms with Crippen molar-refractivity contribution < 1.29 is 0 Å². The molecule has 0 saturated carbocycles. The van der Waals surface area contributed by atoms with Crippen molar-refractivity contribution in [2.24, 2.45) is 0 Å². The van der Waals surface area contributed by atoms with E-state index >= 15 is 0 Å². The second-order valence-corrected chi connectivity index (χ2v) is 4.98. The zero-order valence-electron chi connectivity index (χ0n) is 5.84. The summed E-state index contributed by atoms with van der Waals surface area (Å²) in [5, 5.41) is 0. The minimum absolute atomic E-state index is 0.685. The first-order valence-electron chi connectivity index (χ1n) is 3.19. The molecule has 0 bridgehead atoms. The van der Waals surface area contributed by atoms with Crippen molar-refractivity contribution in [2.45, 2.75) is 12.1 Å². The highest BCUT2D eigenvalue weighted by Gasteiger charge is 1.98. The van der Waals surface area contributed by atoms with Gasteiger partial charge in [-0.1, -0.05) is 12.2 Å². The Morgan fingerprint density at radius 3 is 1.67 bits per heavy atom. The van der Waals surface area contributed by atoms with Crippen molar-refractivity contribution >= 4 is 8.80 Å². The third-order valence-corrected chi connectivity index (χ3v) is 3.82. The molecule has 0 aliphatic heterocycles. The van der Waals surface area contributed by atoms with Gasteiger partial charge in [-0.3, -0.25) is 0 Å². The molecule has 9 heavy (non-hydrogen) atoms. The molecule has 0 atom stereocenters. The second kappa shape index (κ2) is 5.57. The number of allylic oxidation sites excluding steroid dienone is 2. The van der Waals surface area contributed by atoms with E-state index in [0.717, 1.165) is 12.1 Å². The summed E-state index contributed by atoms with van der Waals surface area (Å²) >= 11 is 0. The van der Waals surface area contributed by atoms with Gasteiger partial charge in [0.05, 0.1) is 8.80 Å². The first-order chi connectivity index (χ1) is 4.35. The predicted octanol–water partition coefficient (Wildman–Crippen LogP) is 2.31. The Hall–Kier alpha value is -0.563. The summed E-state index contributed by atoms with van der Waals surface area (Å²) in [5.74, 6) is 0. The smallest absolute Gasteiger partial charge is 0.0681 e. The van der Waals surface area contributed by atoms with Crippen molar-refractivity contribution in [3.8, 4) is 0 Å². The van der Waals surface area contributed by atoms with Crippen LogP contribution in [0.2, 0.25) is 12.1 Å². The Kier molecular flexibility index (Phi) is 5.22. The third-order valence-electron chi connectivity index (χ3n) is 1.27. The average Bonchev–Trinajstić information content (AvgIpc) is 1.88. The van der Waals surface area contributed by atoms with Gasteiger partial charge >= 0.3 is 0 Å². The van der Waals surface area contributed by atoms with E-state index in [4.69, 9.17) is 0 Å². The first kappa shape index (κ1) is 8.44. The van der Waals surface area contributed by atoms with Crippen LogP contribution in [-0.4, -0.2) is 8.80 Å². The lowest BCUT2D eigenvalue weighted by molar-refractivity contribution is 1.55. The Morgan fingerprint density at radius 2 is 1.44 bits per heavy atom. The highest BCUT2D eigenvalue weighted by atomic mass is 28.3. The molecular formula is C8H14Si. The van der Waals surface area contributed by atoms with E-state index in [1.807, 2.05) is 12.2 Å². The van der Waals surface area contributed by atoms with Crippen molar-refractivity contribution in [1.29, 1.82) is 0 Å². The van der Waals surface area contributed by atoms with Crippen molar-refractivity contribution in [3.05, 3.63) is 37.6 Å². The number of hydrogen-bond donors (Lipinski definition) is 0. The van der Waals surface area contributed by atoms with Gasteiger partial charge < -0.3 is 0 Å². The van der Waals surface area contributed by atoms with Crippen molar-refractivity contribution in [1.82, 2.24) is 0 Å². The molecule has 0 aromatic rings. The fourth-order valence-electron chi connectivity index (χ4n) is 0.717. The molecule has 0 aliphatic rings. The van der Waals surface area contributed by atoms with Crippen molar-refractivity contribution in [2.75, 3.05) is 0 Å². The molecule has 0 unspecified atom stereocenters. The molecular weight excluding hydrogens is 124 g/mol. The van der Waals surface area contributed by atoms with Gasteiger partial charge in [-0.25, -0.2) is 0 Å². The monoisotopic (exact) mass is 138 g/mol. The van der Waals surface area contributed by atoms with Crippen LogP contribution in [0.5, 0.6) is 0 Å². The Bertz CT molecular complexity index is 95.1. The molecule has 0 aliphatic carbocycles. The first-order valence-corrected chi connectivity index (χ1v) is 5.49. The molecule has 0 N–H and O–H groups in total. The Morgan fingerprint density at radius 1 is 1.00 bits per heavy atom. The fourth-order valence-corrected chi connectivity index (χ4v) is 2.15. The lowest BCUT2D eigenvalue weighted by Crippen LogP contribution is -2.04. The zero-order chi connectivity index (χ0) is 7.11. The molecule has 0 aromatic heterocycles. The topological polar surface area (TPSA) is 0 Å². The highest BCUT2D eigenvalue weighted by Crippen LogP contribution is 2.00. The van der Waals surface area contributed by atoms with Gasteiger partial charge in [0.2, 0.25) is 0 Å². The van der Waals surface area contributed by atoms with E-state index in [0.29, 0.717) is 0 Å². The lowest BCUT2D eigenvalue weighted by atomic mass is 10.7. The average molecular weight is 138 g/mol. The normalized spacial score (nSPS) is 9.00. The number of rotatable bonds is 5. The molecule has 0 saturated heterocycles. The maximum absolute atomic E-state index is 3.76. The SMILES string of the molecule is C=CC[SiH](C=C)CC=C. The highest BCUT2D eigenvalue weighted by molar-refractivity contribution is 6.65. The zero-order valence-corrected chi connectivity index (χ0v) is 7.00. The predicted molar refractivity (Wildman–Crippen MR) is 47.4 cm³/mol. The lowest BCUT2D eigenvalue weighted by Gasteiger charge is -2.01. The molecule has 0 amide bonds. The Labute approximate surface area is 59.2 Å². The van der Waals surface area contributed by atoms with E-state index < -0.39 is 8.80 Å². The second-order valence-electron chi connectivity index (χ2n) is 2.04. The van der Waals surface area contributed by atoms with Gasteiger partial charge in [0.1, 0.15) is 0 Å². The van der Waals surface area contributed by atoms with Crippen LogP contribution in [0.25, 0.3) is 0 Å². The Balaban J connectivity index is 3.51. The van der Waals surface area contributed by atoms with E-state index in [1.165, 1.54) is 0 Å². The van der Waals surface area contributed by atoms with Crippen LogP contribution in [-0.2, 0) is 0 Å². The van der Waals surface area contributed by atoms with E-state index in [2.05, 4.69) is 25.4 Å². The van der Waals surface area contributed by atoms with Gasteiger partial charge in [-0.2, -0.15) is 0 Å². The molecule has 50 valence electrons. The maximum atomic E-state index is 3.76. The minimum Gasteiger partial charge on any atom is -0.107 e. The summed E-state index contributed by atoms with van der Waals surface area (Å²) in [6, 6.07) is 2.30. The van der Waals surface area contributed by atoms with Crippen LogP contribution in [0.3, 0.4) is 0 Å². The van der Waals surface area contributed by atoms with Gasteiger partial charge in [-0.05, 0) is 12.1 Å². The van der Waals surface area contributed by atoms with Gasteiger partial charge in [-0.15, -0.1) is 25.4 Å². The molecule has 0 rings (SSSR count). The molecule has 1 heteroatoms. The summed E-state index contributed by atoms with van der Waals surface area (Å²) in [6.45, 7) is 11.1. The van der Waals surface area contributed by atoms with E-state index in [9.17, 15) is 0 Å². The number of hydrogen-bond acceptors (Lipinski definition) is 0. The quantitative estimate of drug-likeness (QED) is 0.404.